The van der Waals surface area contributed by atoms with Gasteiger partial charge in [-0.05, 0) is 32.3 Å². The summed E-state index contributed by atoms with van der Waals surface area (Å²) in [6.45, 7) is 9.84. The summed E-state index contributed by atoms with van der Waals surface area (Å²) in [6, 6.07) is 9.88. The van der Waals surface area contributed by atoms with E-state index in [-0.39, 0.29) is 0 Å². The van der Waals surface area contributed by atoms with Crippen molar-refractivity contribution in [2.75, 3.05) is 33.9 Å². The van der Waals surface area contributed by atoms with Crippen molar-refractivity contribution in [3.8, 4) is 6.01 Å². The number of ether oxygens (including phenoxy) is 2. The van der Waals surface area contributed by atoms with Crippen molar-refractivity contribution >= 4 is 19.1 Å². The second kappa shape index (κ2) is 7.94. The molecule has 0 saturated carbocycles. The highest BCUT2D eigenvalue weighted by atomic mass is 28.3. The third-order valence-corrected chi connectivity index (χ3v) is 5.31. The molecule has 0 N–H and O–H groups in total. The van der Waals surface area contributed by atoms with Gasteiger partial charge in [-0.15, -0.1) is 0 Å². The minimum atomic E-state index is -1.07. The van der Waals surface area contributed by atoms with Gasteiger partial charge in [-0.25, -0.2) is 0 Å². The van der Waals surface area contributed by atoms with E-state index in [9.17, 15) is 0 Å². The van der Waals surface area contributed by atoms with E-state index in [1.54, 1.807) is 0 Å². The van der Waals surface area contributed by atoms with Gasteiger partial charge in [0, 0.05) is 21.2 Å². The Balaban J connectivity index is 2.05. The summed E-state index contributed by atoms with van der Waals surface area (Å²) < 4.78 is 13.8. The standard InChI is InChI=1S/C17H29N3O2Si/c1-19(2)10-11-22-17-18-15-8-6-7-9-16(15)20(17)14-21-12-13-23(3,4)5/h6-9H,10-14H2,1-5H3. The van der Waals surface area contributed by atoms with Crippen molar-refractivity contribution in [3.63, 3.8) is 0 Å². The van der Waals surface area contributed by atoms with Crippen molar-refractivity contribution in [3.05, 3.63) is 24.3 Å². The monoisotopic (exact) mass is 335 g/mol. The minimum absolute atomic E-state index is 0.488. The molecule has 0 amide bonds. The van der Waals surface area contributed by atoms with Crippen LogP contribution in [0, 0.1) is 0 Å². The van der Waals surface area contributed by atoms with Gasteiger partial charge in [0.25, 0.3) is 6.01 Å². The number of nitrogens with zero attached hydrogens (tertiary/aromatic N) is 3. The summed E-state index contributed by atoms with van der Waals surface area (Å²) in [6.07, 6.45) is 0. The molecule has 0 aliphatic carbocycles. The van der Waals surface area contributed by atoms with Crippen molar-refractivity contribution in [2.45, 2.75) is 32.4 Å². The van der Waals surface area contributed by atoms with Crippen LogP contribution in [-0.4, -0.2) is 56.4 Å². The molecule has 0 spiro atoms. The number of hydrogen-bond acceptors (Lipinski definition) is 4. The predicted molar refractivity (Wildman–Crippen MR) is 97.9 cm³/mol. The fourth-order valence-corrected chi connectivity index (χ4v) is 2.90. The molecule has 0 atom stereocenters. The third-order valence-electron chi connectivity index (χ3n) is 3.61. The first-order valence-electron chi connectivity index (χ1n) is 8.17. The topological polar surface area (TPSA) is 39.5 Å². The van der Waals surface area contributed by atoms with Crippen LogP contribution in [0.15, 0.2) is 24.3 Å². The van der Waals surface area contributed by atoms with Gasteiger partial charge >= 0.3 is 0 Å². The van der Waals surface area contributed by atoms with Crippen LogP contribution in [0.25, 0.3) is 11.0 Å². The van der Waals surface area contributed by atoms with Crippen molar-refractivity contribution in [1.29, 1.82) is 0 Å². The third kappa shape index (κ3) is 5.64. The van der Waals surface area contributed by atoms with Gasteiger partial charge in [0.1, 0.15) is 13.3 Å². The zero-order valence-electron chi connectivity index (χ0n) is 15.0. The zero-order valence-corrected chi connectivity index (χ0v) is 16.0. The predicted octanol–water partition coefficient (Wildman–Crippen LogP) is 3.29. The summed E-state index contributed by atoms with van der Waals surface area (Å²) in [5.41, 5.74) is 2.00. The number of para-hydroxylation sites is 2. The van der Waals surface area contributed by atoms with Gasteiger partial charge in [-0.2, -0.15) is 4.98 Å². The fourth-order valence-electron chi connectivity index (χ4n) is 2.14. The van der Waals surface area contributed by atoms with Crippen LogP contribution in [-0.2, 0) is 11.5 Å². The lowest BCUT2D eigenvalue weighted by atomic mass is 10.3. The molecule has 0 unspecified atom stereocenters. The Morgan fingerprint density at radius 3 is 2.57 bits per heavy atom. The maximum atomic E-state index is 5.90. The molecule has 0 radical (unpaired) electrons. The molecule has 0 aliphatic rings. The van der Waals surface area contributed by atoms with Crippen LogP contribution in [0.5, 0.6) is 6.01 Å². The quantitative estimate of drug-likeness (QED) is 0.521. The molecule has 1 heterocycles. The average molecular weight is 336 g/mol. The molecule has 1 aromatic heterocycles. The highest BCUT2D eigenvalue weighted by molar-refractivity contribution is 6.76. The van der Waals surface area contributed by atoms with Gasteiger partial charge in [-0.1, -0.05) is 31.8 Å². The molecular weight excluding hydrogens is 306 g/mol. The molecule has 2 aromatic rings. The van der Waals surface area contributed by atoms with Crippen LogP contribution in [0.1, 0.15) is 0 Å². The Labute approximate surface area is 140 Å². The molecule has 128 valence electrons. The van der Waals surface area contributed by atoms with E-state index < -0.39 is 8.07 Å². The Kier molecular flexibility index (Phi) is 6.21. The first kappa shape index (κ1) is 18.0. The van der Waals surface area contributed by atoms with E-state index in [4.69, 9.17) is 9.47 Å². The molecule has 0 bridgehead atoms. The highest BCUT2D eigenvalue weighted by Crippen LogP contribution is 2.21. The number of aromatic nitrogens is 2. The summed E-state index contributed by atoms with van der Waals surface area (Å²) >= 11 is 0. The van der Waals surface area contributed by atoms with Gasteiger partial charge < -0.3 is 14.4 Å². The number of imidazole rings is 1. The van der Waals surface area contributed by atoms with Crippen LogP contribution < -0.4 is 4.74 Å². The lowest BCUT2D eigenvalue weighted by Crippen LogP contribution is -2.22. The van der Waals surface area contributed by atoms with Crippen molar-refractivity contribution in [1.82, 2.24) is 14.5 Å². The molecule has 5 nitrogen and oxygen atoms in total. The first-order chi connectivity index (χ1) is 10.9. The van der Waals surface area contributed by atoms with Gasteiger partial charge in [0.2, 0.25) is 0 Å². The normalized spacial score (nSPS) is 12.3. The Hall–Kier alpha value is -1.37. The molecule has 6 heteroatoms. The summed E-state index contributed by atoms with van der Waals surface area (Å²) in [5.74, 6) is 0. The lowest BCUT2D eigenvalue weighted by molar-refractivity contribution is 0.0810. The molecule has 0 saturated heterocycles. The van der Waals surface area contributed by atoms with E-state index in [1.807, 2.05) is 36.9 Å². The van der Waals surface area contributed by atoms with Crippen LogP contribution >= 0.6 is 0 Å². The summed E-state index contributed by atoms with van der Waals surface area (Å²) in [5, 5.41) is 0. The summed E-state index contributed by atoms with van der Waals surface area (Å²) in [4.78, 5) is 6.68. The van der Waals surface area contributed by atoms with E-state index >= 15 is 0 Å². The maximum absolute atomic E-state index is 5.90. The van der Waals surface area contributed by atoms with Crippen LogP contribution in [0.3, 0.4) is 0 Å². The van der Waals surface area contributed by atoms with Gasteiger partial charge in [0.05, 0.1) is 11.0 Å². The second-order valence-electron chi connectivity index (χ2n) is 7.31. The van der Waals surface area contributed by atoms with E-state index in [0.29, 0.717) is 19.3 Å². The minimum Gasteiger partial charge on any atom is -0.463 e. The highest BCUT2D eigenvalue weighted by Gasteiger charge is 2.14. The van der Waals surface area contributed by atoms with Crippen molar-refractivity contribution < 1.29 is 9.47 Å². The smallest absolute Gasteiger partial charge is 0.299 e. The molecule has 23 heavy (non-hydrogen) atoms. The Bertz CT molecular complexity index is 620. The number of benzene rings is 1. The molecular formula is C17H29N3O2Si. The van der Waals surface area contributed by atoms with E-state index in [1.165, 1.54) is 0 Å². The number of rotatable bonds is 9. The van der Waals surface area contributed by atoms with Crippen molar-refractivity contribution in [2.24, 2.45) is 0 Å². The van der Waals surface area contributed by atoms with Crippen LogP contribution in [0.2, 0.25) is 25.7 Å². The largest absolute Gasteiger partial charge is 0.463 e. The van der Waals surface area contributed by atoms with Crippen LogP contribution in [0.4, 0.5) is 0 Å². The first-order valence-corrected chi connectivity index (χ1v) is 11.9. The summed E-state index contributed by atoms with van der Waals surface area (Å²) in [7, 11) is 3.00. The molecule has 1 aromatic carbocycles. The maximum Gasteiger partial charge on any atom is 0.299 e. The molecule has 2 rings (SSSR count). The fraction of sp³-hybridized carbons (Fsp3) is 0.588. The second-order valence-corrected chi connectivity index (χ2v) is 12.9. The Morgan fingerprint density at radius 2 is 1.87 bits per heavy atom. The van der Waals surface area contributed by atoms with Gasteiger partial charge in [-0.3, -0.25) is 4.57 Å². The van der Waals surface area contributed by atoms with Gasteiger partial charge in [0.15, 0.2) is 0 Å². The number of hydrogen-bond donors (Lipinski definition) is 0. The Morgan fingerprint density at radius 1 is 1.13 bits per heavy atom. The van der Waals surface area contributed by atoms with E-state index in [0.717, 1.165) is 30.2 Å². The number of fused-ring (bicyclic) bond motifs is 1. The average Bonchev–Trinajstić information content (AvgIpc) is 2.80. The number of likely N-dealkylation sites (N-methyl/N-ethyl adjacent to an activating group) is 1. The zero-order chi connectivity index (χ0) is 16.9. The SMILES string of the molecule is CN(C)CCOc1nc2ccccc2n1COCC[Si](C)(C)C. The molecule has 0 aliphatic heterocycles. The van der Waals surface area contributed by atoms with E-state index in [2.05, 4.69) is 35.6 Å². The lowest BCUT2D eigenvalue weighted by Gasteiger charge is -2.16. The molecule has 0 fully saturated rings.